The van der Waals surface area contributed by atoms with Crippen LogP contribution in [0.4, 0.5) is 0 Å². The minimum Gasteiger partial charge on any atom is -0.308 e. The Morgan fingerprint density at radius 3 is 2.89 bits per heavy atom. The van der Waals surface area contributed by atoms with Gasteiger partial charge in [-0.25, -0.2) is 0 Å². The molecule has 0 aromatic carbocycles. The van der Waals surface area contributed by atoms with Gasteiger partial charge in [-0.05, 0) is 42.7 Å². The van der Waals surface area contributed by atoms with Gasteiger partial charge >= 0.3 is 0 Å². The molecule has 0 bridgehead atoms. The zero-order valence-corrected chi connectivity index (χ0v) is 12.5. The first-order valence-corrected chi connectivity index (χ1v) is 7.32. The van der Waals surface area contributed by atoms with E-state index in [4.69, 9.17) is 11.6 Å². The Bertz CT molecular complexity index is 505. The van der Waals surface area contributed by atoms with Gasteiger partial charge in [0.25, 0.3) is 0 Å². The molecule has 0 fully saturated rings. The lowest BCUT2D eigenvalue weighted by atomic mass is 10.1. The number of nitrogens with one attached hydrogen (secondary N) is 1. The average Bonchev–Trinajstić information content (AvgIpc) is 2.88. The fraction of sp³-hybridized carbons (Fsp3) is 0.462. The highest BCUT2D eigenvalue weighted by Gasteiger charge is 2.12. The van der Waals surface area contributed by atoms with E-state index in [1.807, 2.05) is 18.7 Å². The van der Waals surface area contributed by atoms with E-state index in [9.17, 15) is 0 Å². The van der Waals surface area contributed by atoms with Crippen molar-refractivity contribution in [3.8, 4) is 0 Å². The third kappa shape index (κ3) is 3.13. The number of nitrogens with zero attached hydrogens (tertiary/aromatic N) is 2. The summed E-state index contributed by atoms with van der Waals surface area (Å²) in [6, 6.07) is 2.59. The zero-order chi connectivity index (χ0) is 13.1. The molecular formula is C13H18ClN3S. The molecular weight excluding hydrogens is 266 g/mol. The summed E-state index contributed by atoms with van der Waals surface area (Å²) in [6.07, 6.45) is 1.04. The molecule has 2 rings (SSSR count). The van der Waals surface area contributed by atoms with Gasteiger partial charge in [0.05, 0.1) is 16.4 Å². The Kier molecular flexibility index (Phi) is 4.43. The van der Waals surface area contributed by atoms with E-state index in [0.717, 1.165) is 29.4 Å². The normalized spacial score (nSPS) is 12.9. The fourth-order valence-corrected chi connectivity index (χ4v) is 2.89. The second kappa shape index (κ2) is 5.87. The Balaban J connectivity index is 1.91. The maximum Gasteiger partial charge on any atom is 0.0860 e. The maximum absolute atomic E-state index is 6.22. The Morgan fingerprint density at radius 1 is 1.56 bits per heavy atom. The van der Waals surface area contributed by atoms with Gasteiger partial charge in [-0.1, -0.05) is 11.6 Å². The van der Waals surface area contributed by atoms with E-state index in [1.54, 1.807) is 11.3 Å². The Labute approximate surface area is 117 Å². The molecule has 1 atom stereocenters. The van der Waals surface area contributed by atoms with Crippen LogP contribution < -0.4 is 5.32 Å². The highest BCUT2D eigenvalue weighted by atomic mass is 35.5. The summed E-state index contributed by atoms with van der Waals surface area (Å²) in [5, 5.41) is 12.9. The van der Waals surface area contributed by atoms with Crippen LogP contribution in [0.1, 0.15) is 23.9 Å². The summed E-state index contributed by atoms with van der Waals surface area (Å²) >= 11 is 7.96. The van der Waals surface area contributed by atoms with Crippen LogP contribution in [0, 0.1) is 6.92 Å². The fourth-order valence-electron chi connectivity index (χ4n) is 1.98. The molecule has 18 heavy (non-hydrogen) atoms. The second-order valence-electron chi connectivity index (χ2n) is 4.59. The molecule has 1 N–H and O–H groups in total. The summed E-state index contributed by atoms with van der Waals surface area (Å²) in [6.45, 7) is 4.87. The first kappa shape index (κ1) is 13.6. The number of halogens is 1. The zero-order valence-electron chi connectivity index (χ0n) is 10.9. The molecule has 0 aliphatic heterocycles. The SMILES string of the molecule is Cc1nn(C)c(CNC(C)Cc2ccsc2)c1Cl. The molecule has 3 nitrogen and oxygen atoms in total. The maximum atomic E-state index is 6.22. The quantitative estimate of drug-likeness (QED) is 0.913. The van der Waals surface area contributed by atoms with Crippen molar-refractivity contribution in [2.45, 2.75) is 32.9 Å². The first-order valence-electron chi connectivity index (χ1n) is 6.00. The third-order valence-corrected chi connectivity index (χ3v) is 4.23. The lowest BCUT2D eigenvalue weighted by Crippen LogP contribution is -2.28. The van der Waals surface area contributed by atoms with Crippen LogP contribution in [0.3, 0.4) is 0 Å². The molecule has 1 unspecified atom stereocenters. The van der Waals surface area contributed by atoms with Crippen LogP contribution in [0.2, 0.25) is 5.02 Å². The molecule has 0 aliphatic rings. The minimum atomic E-state index is 0.422. The van der Waals surface area contributed by atoms with Crippen LogP contribution in [0.25, 0.3) is 0 Å². The van der Waals surface area contributed by atoms with Crippen LogP contribution in [0.5, 0.6) is 0 Å². The summed E-state index contributed by atoms with van der Waals surface area (Å²) in [5.74, 6) is 0. The highest BCUT2D eigenvalue weighted by molar-refractivity contribution is 7.07. The highest BCUT2D eigenvalue weighted by Crippen LogP contribution is 2.19. The number of thiophene rings is 1. The predicted molar refractivity (Wildman–Crippen MR) is 77.3 cm³/mol. The van der Waals surface area contributed by atoms with Crippen molar-refractivity contribution in [3.63, 3.8) is 0 Å². The molecule has 0 spiro atoms. The van der Waals surface area contributed by atoms with Crippen molar-refractivity contribution in [1.82, 2.24) is 15.1 Å². The summed E-state index contributed by atoms with van der Waals surface area (Å²) < 4.78 is 1.85. The van der Waals surface area contributed by atoms with E-state index >= 15 is 0 Å². The number of aryl methyl sites for hydroxylation is 2. The standard InChI is InChI=1S/C13H18ClN3S/c1-9(6-11-4-5-18-8-11)15-7-12-13(14)10(2)16-17(12)3/h4-5,8-9,15H,6-7H2,1-3H3. The van der Waals surface area contributed by atoms with Crippen molar-refractivity contribution in [2.24, 2.45) is 7.05 Å². The lowest BCUT2D eigenvalue weighted by Gasteiger charge is -2.13. The van der Waals surface area contributed by atoms with Crippen molar-refractivity contribution >= 4 is 22.9 Å². The first-order chi connectivity index (χ1) is 8.58. The average molecular weight is 284 g/mol. The van der Waals surface area contributed by atoms with Gasteiger partial charge < -0.3 is 5.32 Å². The largest absolute Gasteiger partial charge is 0.308 e. The van der Waals surface area contributed by atoms with E-state index < -0.39 is 0 Å². The molecule has 0 radical (unpaired) electrons. The summed E-state index contributed by atoms with van der Waals surface area (Å²) in [7, 11) is 1.93. The second-order valence-corrected chi connectivity index (χ2v) is 5.75. The van der Waals surface area contributed by atoms with E-state index in [-0.39, 0.29) is 0 Å². The molecule has 0 amide bonds. The van der Waals surface area contributed by atoms with Gasteiger partial charge in [0, 0.05) is 19.6 Å². The van der Waals surface area contributed by atoms with Gasteiger partial charge in [-0.3, -0.25) is 4.68 Å². The van der Waals surface area contributed by atoms with Crippen molar-refractivity contribution in [2.75, 3.05) is 0 Å². The summed E-state index contributed by atoms with van der Waals surface area (Å²) in [5.41, 5.74) is 3.32. The number of hydrogen-bond acceptors (Lipinski definition) is 3. The number of rotatable bonds is 5. The van der Waals surface area contributed by atoms with Crippen LogP contribution in [-0.2, 0) is 20.0 Å². The van der Waals surface area contributed by atoms with Gasteiger partial charge in [0.1, 0.15) is 0 Å². The monoisotopic (exact) mass is 283 g/mol. The van der Waals surface area contributed by atoms with Gasteiger partial charge in [-0.15, -0.1) is 0 Å². The van der Waals surface area contributed by atoms with Crippen LogP contribution in [-0.4, -0.2) is 15.8 Å². The molecule has 0 aliphatic carbocycles. The van der Waals surface area contributed by atoms with Gasteiger partial charge in [-0.2, -0.15) is 16.4 Å². The number of hydrogen-bond donors (Lipinski definition) is 1. The molecule has 0 saturated carbocycles. The van der Waals surface area contributed by atoms with Gasteiger partial charge in [0.15, 0.2) is 0 Å². The molecule has 2 heterocycles. The van der Waals surface area contributed by atoms with Gasteiger partial charge in [0.2, 0.25) is 0 Å². The topological polar surface area (TPSA) is 29.9 Å². The van der Waals surface area contributed by atoms with Crippen LogP contribution >= 0.6 is 22.9 Å². The third-order valence-electron chi connectivity index (χ3n) is 3.00. The number of aromatic nitrogens is 2. The lowest BCUT2D eigenvalue weighted by molar-refractivity contribution is 0.526. The van der Waals surface area contributed by atoms with Crippen molar-refractivity contribution < 1.29 is 0 Å². The van der Waals surface area contributed by atoms with Crippen molar-refractivity contribution in [3.05, 3.63) is 38.8 Å². The molecule has 2 aromatic heterocycles. The Hall–Kier alpha value is -0.840. The summed E-state index contributed by atoms with van der Waals surface area (Å²) in [4.78, 5) is 0. The minimum absolute atomic E-state index is 0.422. The van der Waals surface area contributed by atoms with Crippen LogP contribution in [0.15, 0.2) is 16.8 Å². The van der Waals surface area contributed by atoms with Crippen molar-refractivity contribution in [1.29, 1.82) is 0 Å². The molecule has 2 aromatic rings. The molecule has 5 heteroatoms. The molecule has 98 valence electrons. The van der Waals surface area contributed by atoms with E-state index in [1.165, 1.54) is 5.56 Å². The smallest absolute Gasteiger partial charge is 0.0860 e. The predicted octanol–water partition coefficient (Wildman–Crippen LogP) is 3.16. The van der Waals surface area contributed by atoms with E-state index in [2.05, 4.69) is 34.2 Å². The molecule has 0 saturated heterocycles. The Morgan fingerprint density at radius 2 is 2.33 bits per heavy atom. The van der Waals surface area contributed by atoms with E-state index in [0.29, 0.717) is 6.04 Å².